The molecule has 24 heavy (non-hydrogen) atoms. The Kier molecular flexibility index (Phi) is 4.41. The number of thioether (sulfide) groups is 1. The summed E-state index contributed by atoms with van der Waals surface area (Å²) >= 11 is 1.65. The highest BCUT2D eigenvalue weighted by atomic mass is 32.2. The lowest BCUT2D eigenvalue weighted by molar-refractivity contribution is -0.407. The number of hydrogen-bond donors (Lipinski definition) is 0. The van der Waals surface area contributed by atoms with Gasteiger partial charge in [0.2, 0.25) is 0 Å². The van der Waals surface area contributed by atoms with Crippen LogP contribution in [0.5, 0.6) is 0 Å². The average Bonchev–Trinajstić information content (AvgIpc) is 2.58. The molecule has 2 aliphatic rings. The van der Waals surface area contributed by atoms with Crippen molar-refractivity contribution in [3.8, 4) is 0 Å². The van der Waals surface area contributed by atoms with Crippen molar-refractivity contribution in [1.82, 2.24) is 4.90 Å². The van der Waals surface area contributed by atoms with Gasteiger partial charge in [0.1, 0.15) is 6.21 Å². The summed E-state index contributed by atoms with van der Waals surface area (Å²) in [4.78, 5) is 31.3. The first-order valence-electron chi connectivity index (χ1n) is 7.76. The molecule has 1 unspecified atom stereocenters. The van der Waals surface area contributed by atoms with Gasteiger partial charge in [-0.3, -0.25) is 4.79 Å². The fourth-order valence-corrected chi connectivity index (χ4v) is 4.17. The lowest BCUT2D eigenvalue weighted by Crippen LogP contribution is -2.52. The number of imide groups is 1. The summed E-state index contributed by atoms with van der Waals surface area (Å²) < 4.78 is 1.46. The zero-order valence-electron chi connectivity index (χ0n) is 14.2. The summed E-state index contributed by atoms with van der Waals surface area (Å²) in [5.74, 6) is 0.598. The minimum Gasteiger partial charge on any atom is -0.255 e. The van der Waals surface area contributed by atoms with Crippen LogP contribution in [-0.4, -0.2) is 47.6 Å². The standard InChI is InChI=1S/C18H20N3O2S/c1-11-7-5-6-8-13(11)10-24-15-12(2)9-19-16-14(15)17(22)21(4)18(23)20(16)3/h5-9,14H,10H2,1-4H3/q+1. The normalized spacial score (nSPS) is 20.8. The van der Waals surface area contributed by atoms with Crippen LogP contribution in [0.25, 0.3) is 0 Å². The topological polar surface area (TPSA) is 52.8 Å². The van der Waals surface area contributed by atoms with E-state index in [2.05, 4.69) is 24.0 Å². The van der Waals surface area contributed by atoms with Gasteiger partial charge >= 0.3 is 11.9 Å². The molecule has 1 atom stereocenters. The number of benzene rings is 1. The van der Waals surface area contributed by atoms with Crippen molar-refractivity contribution in [3.05, 3.63) is 45.9 Å². The first kappa shape index (κ1) is 16.6. The number of nitrogens with zero attached hydrogens (tertiary/aromatic N) is 3. The smallest absolute Gasteiger partial charge is 0.255 e. The maximum absolute atomic E-state index is 12.7. The lowest BCUT2D eigenvalue weighted by atomic mass is 9.99. The molecule has 0 spiro atoms. The Hall–Kier alpha value is -2.21. The third-order valence-electron chi connectivity index (χ3n) is 4.44. The Morgan fingerprint density at radius 3 is 2.67 bits per heavy atom. The first-order valence-corrected chi connectivity index (χ1v) is 8.74. The minimum atomic E-state index is -0.489. The number of carbonyl (C=O) groups excluding carboxylic acids is 2. The molecule has 0 bridgehead atoms. The molecule has 1 aromatic rings. The molecule has 0 N–H and O–H groups in total. The number of urea groups is 1. The second-order valence-corrected chi connectivity index (χ2v) is 7.07. The maximum Gasteiger partial charge on any atom is 0.445 e. The molecule has 0 fully saturated rings. The highest BCUT2D eigenvalue weighted by molar-refractivity contribution is 8.02. The monoisotopic (exact) mass is 342 g/mol. The van der Waals surface area contributed by atoms with Crippen LogP contribution in [0.2, 0.25) is 0 Å². The average molecular weight is 342 g/mol. The molecule has 0 saturated carbocycles. The first-order chi connectivity index (χ1) is 11.4. The SMILES string of the molecule is CC1=C(SCc2ccccc2C)C2C(=O)N(C)C(=O)[N+](C)=C2N=C1. The molecule has 124 valence electrons. The minimum absolute atomic E-state index is 0.211. The summed E-state index contributed by atoms with van der Waals surface area (Å²) in [5, 5.41) is 0. The van der Waals surface area contributed by atoms with Crippen LogP contribution in [0.3, 0.4) is 0 Å². The van der Waals surface area contributed by atoms with Crippen LogP contribution in [0.15, 0.2) is 39.7 Å². The lowest BCUT2D eigenvalue weighted by Gasteiger charge is -2.27. The highest BCUT2D eigenvalue weighted by Gasteiger charge is 2.47. The quantitative estimate of drug-likeness (QED) is 0.794. The largest absolute Gasteiger partial charge is 0.445 e. The van der Waals surface area contributed by atoms with E-state index >= 15 is 0 Å². The van der Waals surface area contributed by atoms with E-state index < -0.39 is 5.92 Å². The molecule has 0 radical (unpaired) electrons. The van der Waals surface area contributed by atoms with Gasteiger partial charge in [0.25, 0.3) is 5.84 Å². The number of rotatable bonds is 3. The Bertz CT molecular complexity index is 823. The van der Waals surface area contributed by atoms with Crippen molar-refractivity contribution >= 4 is 35.8 Å². The van der Waals surface area contributed by atoms with Crippen molar-refractivity contribution < 1.29 is 14.2 Å². The molecule has 1 aromatic carbocycles. The van der Waals surface area contributed by atoms with Gasteiger partial charge in [-0.25, -0.2) is 4.79 Å². The fraction of sp³-hybridized carbons (Fsp3) is 0.333. The molecule has 2 aliphatic heterocycles. The molecule has 0 aliphatic carbocycles. The predicted molar refractivity (Wildman–Crippen MR) is 96.5 cm³/mol. The van der Waals surface area contributed by atoms with E-state index in [0.29, 0.717) is 5.84 Å². The molecular weight excluding hydrogens is 322 g/mol. The van der Waals surface area contributed by atoms with E-state index in [0.717, 1.165) is 16.2 Å². The molecular formula is C18H20N3O2S+. The van der Waals surface area contributed by atoms with E-state index in [9.17, 15) is 9.59 Å². The Balaban J connectivity index is 1.95. The summed E-state index contributed by atoms with van der Waals surface area (Å²) in [6, 6.07) is 7.89. The molecule has 2 heterocycles. The molecule has 5 nitrogen and oxygen atoms in total. The maximum atomic E-state index is 12.7. The van der Waals surface area contributed by atoms with Gasteiger partial charge < -0.3 is 0 Å². The number of aliphatic imine (C=N–C) groups is 1. The van der Waals surface area contributed by atoms with E-state index in [-0.39, 0.29) is 11.9 Å². The molecule has 0 saturated heterocycles. The van der Waals surface area contributed by atoms with Gasteiger partial charge in [-0.2, -0.15) is 9.48 Å². The molecule has 6 heteroatoms. The van der Waals surface area contributed by atoms with Crippen molar-refractivity contribution in [1.29, 1.82) is 0 Å². The molecule has 0 aromatic heterocycles. The van der Waals surface area contributed by atoms with Crippen LogP contribution in [0, 0.1) is 12.8 Å². The number of hydrogen-bond acceptors (Lipinski definition) is 4. The molecule has 3 rings (SSSR count). The van der Waals surface area contributed by atoms with Crippen molar-refractivity contribution in [2.75, 3.05) is 14.1 Å². The summed E-state index contributed by atoms with van der Waals surface area (Å²) in [5.41, 5.74) is 3.45. The number of allylic oxidation sites excluding steroid dienone is 1. The van der Waals surface area contributed by atoms with Crippen LogP contribution in [-0.2, 0) is 10.5 Å². The third kappa shape index (κ3) is 2.71. The van der Waals surface area contributed by atoms with E-state index in [1.807, 2.05) is 19.1 Å². The van der Waals surface area contributed by atoms with Gasteiger partial charge in [-0.1, -0.05) is 24.3 Å². The van der Waals surface area contributed by atoms with Crippen molar-refractivity contribution in [3.63, 3.8) is 0 Å². The van der Waals surface area contributed by atoms with Crippen LogP contribution in [0.1, 0.15) is 18.1 Å². The van der Waals surface area contributed by atoms with Gasteiger partial charge in [0, 0.05) is 10.7 Å². The van der Waals surface area contributed by atoms with E-state index in [1.54, 1.807) is 25.0 Å². The van der Waals surface area contributed by atoms with E-state index in [1.165, 1.54) is 27.7 Å². The number of dihydropyridines is 1. The Labute approximate surface area is 145 Å². The number of amides is 3. The zero-order valence-corrected chi connectivity index (χ0v) is 15.1. The third-order valence-corrected chi connectivity index (χ3v) is 5.76. The van der Waals surface area contributed by atoms with Crippen LogP contribution >= 0.6 is 11.8 Å². The zero-order chi connectivity index (χ0) is 17.4. The Morgan fingerprint density at radius 1 is 1.25 bits per heavy atom. The number of fused-ring (bicyclic) bond motifs is 1. The summed E-state index contributed by atoms with van der Waals surface area (Å²) in [7, 11) is 3.18. The second-order valence-electron chi connectivity index (χ2n) is 6.05. The fourth-order valence-electron chi connectivity index (χ4n) is 2.88. The van der Waals surface area contributed by atoms with Gasteiger partial charge in [-0.05, 0) is 30.5 Å². The highest BCUT2D eigenvalue weighted by Crippen LogP contribution is 2.36. The summed E-state index contributed by atoms with van der Waals surface area (Å²) in [6.45, 7) is 4.05. The number of carbonyl (C=O) groups is 2. The van der Waals surface area contributed by atoms with Crippen molar-refractivity contribution in [2.24, 2.45) is 10.9 Å². The van der Waals surface area contributed by atoms with Gasteiger partial charge in [0.15, 0.2) is 5.92 Å². The Morgan fingerprint density at radius 2 is 1.96 bits per heavy atom. The van der Waals surface area contributed by atoms with Crippen molar-refractivity contribution in [2.45, 2.75) is 19.6 Å². The van der Waals surface area contributed by atoms with Gasteiger partial charge in [0.05, 0.1) is 14.1 Å². The number of aryl methyl sites for hydroxylation is 1. The van der Waals surface area contributed by atoms with Crippen LogP contribution in [0.4, 0.5) is 4.79 Å². The molecule has 3 amide bonds. The second kappa shape index (κ2) is 6.36. The predicted octanol–water partition coefficient (Wildman–Crippen LogP) is 2.84. The number of amidine groups is 1. The summed E-state index contributed by atoms with van der Waals surface area (Å²) in [6.07, 6.45) is 1.74. The van der Waals surface area contributed by atoms with Crippen LogP contribution < -0.4 is 0 Å². The van der Waals surface area contributed by atoms with Gasteiger partial charge in [-0.15, -0.1) is 16.8 Å². The van der Waals surface area contributed by atoms with E-state index in [4.69, 9.17) is 0 Å².